The second kappa shape index (κ2) is 5.23. The maximum atomic E-state index is 10.8. The summed E-state index contributed by atoms with van der Waals surface area (Å²) in [5.41, 5.74) is 8.81. The molecule has 0 N–H and O–H groups in total. The number of amides is 1. The molecule has 0 aromatic rings. The molecular weight excluding hydrogens is 158 g/mol. The number of carbonyl (C=O) groups is 1. The number of hydroxylamine groups is 2. The fourth-order valence-electron chi connectivity index (χ4n) is 0.401. The highest BCUT2D eigenvalue weighted by molar-refractivity contribution is 6.23. The highest BCUT2D eigenvalue weighted by Crippen LogP contribution is 1.91. The highest BCUT2D eigenvalue weighted by Gasteiger charge is 2.09. The Bertz CT molecular complexity index is 231. The fraction of sp³-hybridized carbons (Fsp3) is 0.429. The third kappa shape index (κ3) is 4.38. The van der Waals surface area contributed by atoms with Crippen LogP contribution in [0.3, 0.4) is 0 Å². The van der Waals surface area contributed by atoms with Crippen LogP contribution in [0.5, 0.6) is 0 Å². The Morgan fingerprint density at radius 2 is 2.42 bits per heavy atom. The Morgan fingerprint density at radius 1 is 1.83 bits per heavy atom. The van der Waals surface area contributed by atoms with E-state index in [2.05, 4.69) is 11.4 Å². The van der Waals surface area contributed by atoms with Crippen molar-refractivity contribution in [3.8, 4) is 0 Å². The minimum Gasteiger partial charge on any atom is -0.361 e. The summed E-state index contributed by atoms with van der Waals surface area (Å²) in [7, 11) is 1.42. The molecule has 0 fully saturated rings. The van der Waals surface area contributed by atoms with Crippen LogP contribution in [0.1, 0.15) is 6.92 Å². The molecule has 0 aromatic heterocycles. The molecule has 5 nitrogen and oxygen atoms in total. The van der Waals surface area contributed by atoms with Gasteiger partial charge in [-0.3, -0.25) is 9.63 Å². The van der Waals surface area contributed by atoms with Gasteiger partial charge in [-0.05, 0) is 6.92 Å². The zero-order valence-electron chi connectivity index (χ0n) is 7.15. The molecule has 0 aromatic carbocycles. The summed E-state index contributed by atoms with van der Waals surface area (Å²) >= 11 is 0. The second-order valence-corrected chi connectivity index (χ2v) is 2.31. The van der Waals surface area contributed by atoms with E-state index < -0.39 is 5.91 Å². The zero-order valence-corrected chi connectivity index (χ0v) is 7.15. The SMILES string of the molecule is C=C(C)CON(C)C(=O)C=[N+]=[N-]. The molecule has 5 heteroatoms. The molecule has 0 bridgehead atoms. The van der Waals surface area contributed by atoms with Crippen molar-refractivity contribution in [3.05, 3.63) is 17.7 Å². The number of nitrogens with zero attached hydrogens (tertiary/aromatic N) is 3. The zero-order chi connectivity index (χ0) is 9.56. The van der Waals surface area contributed by atoms with Crippen molar-refractivity contribution in [1.82, 2.24) is 5.06 Å². The molecular formula is C7H11N3O2. The standard InChI is InChI=1S/C7H11N3O2/c1-6(2)5-12-10(3)7(11)4-9-8/h4H,1,5H2,2-3H3. The van der Waals surface area contributed by atoms with Crippen molar-refractivity contribution in [3.63, 3.8) is 0 Å². The van der Waals surface area contributed by atoms with Gasteiger partial charge in [-0.1, -0.05) is 12.2 Å². The molecule has 12 heavy (non-hydrogen) atoms. The van der Waals surface area contributed by atoms with Gasteiger partial charge in [0.2, 0.25) is 0 Å². The first-order valence-electron chi connectivity index (χ1n) is 3.30. The summed E-state index contributed by atoms with van der Waals surface area (Å²) in [5.74, 6) is -0.529. The second-order valence-electron chi connectivity index (χ2n) is 2.31. The number of hydrogen-bond acceptors (Lipinski definition) is 2. The van der Waals surface area contributed by atoms with Crippen LogP contribution in [-0.2, 0) is 9.63 Å². The van der Waals surface area contributed by atoms with Crippen molar-refractivity contribution in [2.45, 2.75) is 6.92 Å². The van der Waals surface area contributed by atoms with E-state index >= 15 is 0 Å². The Kier molecular flexibility index (Phi) is 4.60. The normalized spacial score (nSPS) is 8.50. The molecule has 0 saturated carbocycles. The van der Waals surface area contributed by atoms with Crippen molar-refractivity contribution >= 4 is 12.1 Å². The molecule has 66 valence electrons. The molecule has 0 rings (SSSR count). The van der Waals surface area contributed by atoms with E-state index in [0.29, 0.717) is 0 Å². The van der Waals surface area contributed by atoms with Gasteiger partial charge in [-0.2, -0.15) is 4.79 Å². The lowest BCUT2D eigenvalue weighted by Crippen LogP contribution is -2.28. The molecule has 0 unspecified atom stereocenters. The quantitative estimate of drug-likeness (QED) is 0.199. The summed E-state index contributed by atoms with van der Waals surface area (Å²) in [6.07, 6.45) is 0.748. The van der Waals surface area contributed by atoms with Gasteiger partial charge in [0.15, 0.2) is 0 Å². The number of hydrogen-bond donors (Lipinski definition) is 0. The van der Waals surface area contributed by atoms with Crippen molar-refractivity contribution in [2.75, 3.05) is 13.7 Å². The predicted octanol–water partition coefficient (Wildman–Crippen LogP) is 0.253. The van der Waals surface area contributed by atoms with Crippen LogP contribution in [0.2, 0.25) is 0 Å². The third-order valence-corrected chi connectivity index (χ3v) is 0.983. The Labute approximate surface area is 70.8 Å². The minimum atomic E-state index is -0.529. The highest BCUT2D eigenvalue weighted by atomic mass is 16.7. The van der Waals surface area contributed by atoms with Crippen LogP contribution < -0.4 is 0 Å². The molecule has 0 spiro atoms. The van der Waals surface area contributed by atoms with Crippen molar-refractivity contribution in [1.29, 1.82) is 0 Å². The van der Waals surface area contributed by atoms with Crippen molar-refractivity contribution < 1.29 is 14.4 Å². The predicted molar refractivity (Wildman–Crippen MR) is 43.2 cm³/mol. The first-order valence-corrected chi connectivity index (χ1v) is 3.30. The van der Waals surface area contributed by atoms with Crippen LogP contribution in [0, 0.1) is 0 Å². The van der Waals surface area contributed by atoms with Crippen LogP contribution >= 0.6 is 0 Å². The van der Waals surface area contributed by atoms with Gasteiger partial charge in [0.05, 0.1) is 6.61 Å². The maximum absolute atomic E-state index is 10.8. The molecule has 0 aliphatic carbocycles. The average Bonchev–Trinajstić information content (AvgIpc) is 2.00. The monoisotopic (exact) mass is 169 g/mol. The molecule has 0 saturated heterocycles. The van der Waals surface area contributed by atoms with Gasteiger partial charge >= 0.3 is 12.1 Å². The van der Waals surface area contributed by atoms with E-state index in [0.717, 1.165) is 16.9 Å². The van der Waals surface area contributed by atoms with Gasteiger partial charge < -0.3 is 5.53 Å². The molecule has 0 atom stereocenters. The first-order chi connectivity index (χ1) is 5.57. The maximum Gasteiger partial charge on any atom is 0.351 e. The molecule has 1 amide bonds. The van der Waals surface area contributed by atoms with Crippen LogP contribution in [0.25, 0.3) is 5.53 Å². The summed E-state index contributed by atoms with van der Waals surface area (Å²) in [6.45, 7) is 5.63. The lowest BCUT2D eigenvalue weighted by atomic mass is 10.4. The number of carbonyl (C=O) groups excluding carboxylic acids is 1. The van der Waals surface area contributed by atoms with E-state index in [-0.39, 0.29) is 6.61 Å². The minimum absolute atomic E-state index is 0.265. The van der Waals surface area contributed by atoms with E-state index in [1.54, 1.807) is 6.92 Å². The molecule has 0 aliphatic rings. The smallest absolute Gasteiger partial charge is 0.351 e. The van der Waals surface area contributed by atoms with E-state index in [1.165, 1.54) is 7.05 Å². The third-order valence-electron chi connectivity index (χ3n) is 0.983. The van der Waals surface area contributed by atoms with Crippen LogP contribution in [0.4, 0.5) is 0 Å². The average molecular weight is 169 g/mol. The van der Waals surface area contributed by atoms with Gasteiger partial charge in [0.1, 0.15) is 0 Å². The van der Waals surface area contributed by atoms with Gasteiger partial charge in [0, 0.05) is 7.05 Å². The summed E-state index contributed by atoms with van der Waals surface area (Å²) in [6, 6.07) is 0. The molecule has 0 aliphatic heterocycles. The van der Waals surface area contributed by atoms with Crippen LogP contribution in [0.15, 0.2) is 12.2 Å². The van der Waals surface area contributed by atoms with Gasteiger partial charge in [0.25, 0.3) is 0 Å². The lowest BCUT2D eigenvalue weighted by Gasteiger charge is -2.11. The Balaban J connectivity index is 3.87. The van der Waals surface area contributed by atoms with Crippen molar-refractivity contribution in [2.24, 2.45) is 0 Å². The molecule has 0 heterocycles. The summed E-state index contributed by atoms with van der Waals surface area (Å²) in [4.78, 5) is 18.3. The largest absolute Gasteiger partial charge is 0.361 e. The summed E-state index contributed by atoms with van der Waals surface area (Å²) < 4.78 is 0. The Morgan fingerprint density at radius 3 is 2.83 bits per heavy atom. The van der Waals surface area contributed by atoms with Gasteiger partial charge in [-0.25, -0.2) is 5.06 Å². The fourth-order valence-corrected chi connectivity index (χ4v) is 0.401. The molecule has 0 radical (unpaired) electrons. The first kappa shape index (κ1) is 10.6. The van der Waals surface area contributed by atoms with E-state index in [4.69, 9.17) is 10.4 Å². The summed E-state index contributed by atoms with van der Waals surface area (Å²) in [5, 5.41) is 0.967. The number of rotatable bonds is 4. The van der Waals surface area contributed by atoms with E-state index in [9.17, 15) is 4.79 Å². The van der Waals surface area contributed by atoms with Crippen LogP contribution in [-0.4, -0.2) is 35.6 Å². The Hall–Kier alpha value is -1.45. The van der Waals surface area contributed by atoms with E-state index in [1.807, 2.05) is 0 Å². The van der Waals surface area contributed by atoms with Gasteiger partial charge in [-0.15, -0.1) is 0 Å². The topological polar surface area (TPSA) is 65.9 Å². The lowest BCUT2D eigenvalue weighted by molar-refractivity contribution is -0.169.